The Morgan fingerprint density at radius 1 is 0.735 bits per heavy atom. The summed E-state index contributed by atoms with van der Waals surface area (Å²) >= 11 is 0. The molecule has 0 amide bonds. The molecule has 0 radical (unpaired) electrons. The van der Waals surface area contributed by atoms with E-state index >= 15 is 0 Å². The van der Waals surface area contributed by atoms with Crippen LogP contribution in [0.5, 0.6) is 0 Å². The number of nitrogens with zero attached hydrogens (tertiary/aromatic N) is 6. The first-order valence-electron chi connectivity index (χ1n) is 11.4. The van der Waals surface area contributed by atoms with Gasteiger partial charge in [-0.05, 0) is 38.2 Å². The highest BCUT2D eigenvalue weighted by atomic mass is 15.3. The lowest BCUT2D eigenvalue weighted by molar-refractivity contribution is 0.312. The Kier molecular flexibility index (Phi) is 6.31. The van der Waals surface area contributed by atoms with Gasteiger partial charge in [-0.2, -0.15) is 0 Å². The summed E-state index contributed by atoms with van der Waals surface area (Å²) in [7, 11) is 2.15. The van der Waals surface area contributed by atoms with Crippen LogP contribution in [0.2, 0.25) is 0 Å². The topological polar surface area (TPSA) is 82.1 Å². The predicted octanol–water partition coefficient (Wildman–Crippen LogP) is 4.48. The van der Waals surface area contributed by atoms with E-state index in [4.69, 9.17) is 0 Å². The molecule has 0 saturated carbocycles. The molecule has 1 aliphatic rings. The minimum Gasteiger partial charge on any atom is -0.354 e. The number of rotatable bonds is 6. The summed E-state index contributed by atoms with van der Waals surface area (Å²) in [6, 6.07) is 22.1. The van der Waals surface area contributed by atoms with E-state index in [1.807, 2.05) is 73.7 Å². The highest BCUT2D eigenvalue weighted by Gasteiger charge is 2.16. The van der Waals surface area contributed by atoms with Gasteiger partial charge in [0.05, 0.1) is 5.69 Å². The highest BCUT2D eigenvalue weighted by Crippen LogP contribution is 2.24. The fourth-order valence-corrected chi connectivity index (χ4v) is 3.94. The van der Waals surface area contributed by atoms with E-state index in [0.29, 0.717) is 0 Å². The number of hydrogen-bond donors (Lipinski definition) is 2. The van der Waals surface area contributed by atoms with Crippen molar-refractivity contribution in [2.45, 2.75) is 6.92 Å². The average Bonchev–Trinajstić information content (AvgIpc) is 2.86. The quantitative estimate of drug-likeness (QED) is 0.443. The van der Waals surface area contributed by atoms with E-state index in [1.165, 1.54) is 0 Å². The lowest BCUT2D eigenvalue weighted by Crippen LogP contribution is -2.44. The van der Waals surface area contributed by atoms with Crippen molar-refractivity contribution in [1.82, 2.24) is 24.8 Å². The van der Waals surface area contributed by atoms with Crippen LogP contribution in [0.4, 0.5) is 28.8 Å². The minimum atomic E-state index is 0.748. The SMILES string of the molecule is Cc1nc(Nc2ccc(Nc3cc(-c4ccccc4)ncn3)cc2)cc(N2CCN(C)CC2)n1. The first-order valence-corrected chi connectivity index (χ1v) is 11.4. The van der Waals surface area contributed by atoms with Gasteiger partial charge in [0.2, 0.25) is 0 Å². The van der Waals surface area contributed by atoms with E-state index in [-0.39, 0.29) is 0 Å². The summed E-state index contributed by atoms with van der Waals surface area (Å²) in [5, 5.41) is 6.77. The smallest absolute Gasteiger partial charge is 0.136 e. The highest BCUT2D eigenvalue weighted by molar-refractivity contribution is 5.67. The number of piperazine rings is 1. The van der Waals surface area contributed by atoms with Gasteiger partial charge >= 0.3 is 0 Å². The van der Waals surface area contributed by atoms with Crippen LogP contribution in [0, 0.1) is 6.92 Å². The largest absolute Gasteiger partial charge is 0.354 e. The summed E-state index contributed by atoms with van der Waals surface area (Å²) in [4.78, 5) is 22.6. The minimum absolute atomic E-state index is 0.748. The molecule has 8 heteroatoms. The number of anilines is 5. The van der Waals surface area contributed by atoms with Crippen LogP contribution in [0.1, 0.15) is 5.82 Å². The molecule has 0 atom stereocenters. The van der Waals surface area contributed by atoms with Gasteiger partial charge in [-0.15, -0.1) is 0 Å². The van der Waals surface area contributed by atoms with Crippen LogP contribution in [0.3, 0.4) is 0 Å². The summed E-state index contributed by atoms with van der Waals surface area (Å²) < 4.78 is 0. The maximum atomic E-state index is 4.65. The molecule has 0 spiro atoms. The zero-order valence-corrected chi connectivity index (χ0v) is 19.4. The molecule has 5 rings (SSSR count). The molecule has 3 heterocycles. The van der Waals surface area contributed by atoms with Crippen molar-refractivity contribution in [2.24, 2.45) is 0 Å². The molecule has 8 nitrogen and oxygen atoms in total. The Hall–Kier alpha value is -4.04. The van der Waals surface area contributed by atoms with Crippen molar-refractivity contribution in [2.75, 3.05) is 48.8 Å². The van der Waals surface area contributed by atoms with Gasteiger partial charge in [0.25, 0.3) is 0 Å². The Balaban J connectivity index is 1.26. The van der Waals surface area contributed by atoms with E-state index in [9.17, 15) is 0 Å². The molecule has 1 fully saturated rings. The lowest BCUT2D eigenvalue weighted by Gasteiger charge is -2.33. The molecule has 2 N–H and O–H groups in total. The van der Waals surface area contributed by atoms with Crippen molar-refractivity contribution in [3.05, 3.63) is 78.9 Å². The molecule has 0 aliphatic carbocycles. The van der Waals surface area contributed by atoms with Crippen LogP contribution in [0.15, 0.2) is 73.1 Å². The standard InChI is InChI=1S/C26H28N8/c1-19-29-25(17-26(30-19)34-14-12-33(2)13-15-34)32-22-10-8-21(9-11-22)31-24-16-23(27-18-28-24)20-6-4-3-5-7-20/h3-11,16-18H,12-15H2,1-2H3,(H,27,28,31)(H,29,30,32). The molecule has 1 aliphatic heterocycles. The summed E-state index contributed by atoms with van der Waals surface area (Å²) in [6.45, 7) is 5.96. The number of benzene rings is 2. The molecular weight excluding hydrogens is 424 g/mol. The van der Waals surface area contributed by atoms with Gasteiger partial charge in [-0.25, -0.2) is 19.9 Å². The normalized spacial score (nSPS) is 14.1. The Morgan fingerprint density at radius 3 is 2.12 bits per heavy atom. The first kappa shape index (κ1) is 21.8. The second-order valence-electron chi connectivity index (χ2n) is 8.43. The van der Waals surface area contributed by atoms with Gasteiger partial charge in [-0.1, -0.05) is 30.3 Å². The Labute approximate surface area is 199 Å². The molecule has 0 unspecified atom stereocenters. The number of nitrogens with one attached hydrogen (secondary N) is 2. The van der Waals surface area contributed by atoms with Gasteiger partial charge < -0.3 is 20.4 Å². The maximum absolute atomic E-state index is 4.65. The molecule has 34 heavy (non-hydrogen) atoms. The van der Waals surface area contributed by atoms with Gasteiger partial charge in [0, 0.05) is 55.2 Å². The van der Waals surface area contributed by atoms with Gasteiger partial charge in [-0.3, -0.25) is 0 Å². The van der Waals surface area contributed by atoms with Crippen molar-refractivity contribution in [3.63, 3.8) is 0 Å². The van der Waals surface area contributed by atoms with Crippen molar-refractivity contribution >= 4 is 28.8 Å². The number of hydrogen-bond acceptors (Lipinski definition) is 8. The number of aromatic nitrogens is 4. The zero-order chi connectivity index (χ0) is 23.3. The second-order valence-corrected chi connectivity index (χ2v) is 8.43. The van der Waals surface area contributed by atoms with Gasteiger partial charge in [0.1, 0.15) is 29.6 Å². The Bertz CT molecular complexity index is 1240. The molecule has 4 aromatic rings. The van der Waals surface area contributed by atoms with E-state index in [1.54, 1.807) is 6.33 Å². The van der Waals surface area contributed by atoms with Gasteiger partial charge in [0.15, 0.2) is 0 Å². The zero-order valence-electron chi connectivity index (χ0n) is 19.4. The van der Waals surface area contributed by atoms with Crippen molar-refractivity contribution in [3.8, 4) is 11.3 Å². The van der Waals surface area contributed by atoms with E-state index < -0.39 is 0 Å². The first-order chi connectivity index (χ1) is 16.6. The summed E-state index contributed by atoms with van der Waals surface area (Å²) in [5.74, 6) is 3.28. The predicted molar refractivity (Wildman–Crippen MR) is 137 cm³/mol. The van der Waals surface area contributed by atoms with Crippen molar-refractivity contribution in [1.29, 1.82) is 0 Å². The van der Waals surface area contributed by atoms with Crippen LogP contribution in [0.25, 0.3) is 11.3 Å². The van der Waals surface area contributed by atoms with E-state index in [2.05, 4.69) is 47.4 Å². The lowest BCUT2D eigenvalue weighted by atomic mass is 10.1. The molecule has 2 aromatic carbocycles. The number of likely N-dealkylation sites (N-methyl/N-ethyl adjacent to an activating group) is 1. The maximum Gasteiger partial charge on any atom is 0.136 e. The fourth-order valence-electron chi connectivity index (χ4n) is 3.94. The fraction of sp³-hybridized carbons (Fsp3) is 0.231. The third kappa shape index (κ3) is 5.29. The average molecular weight is 453 g/mol. The summed E-state index contributed by atoms with van der Waals surface area (Å²) in [6.07, 6.45) is 1.58. The third-order valence-electron chi connectivity index (χ3n) is 5.82. The Morgan fingerprint density at radius 2 is 1.41 bits per heavy atom. The van der Waals surface area contributed by atoms with Crippen LogP contribution in [-0.4, -0.2) is 58.1 Å². The monoisotopic (exact) mass is 452 g/mol. The van der Waals surface area contributed by atoms with Crippen LogP contribution in [-0.2, 0) is 0 Å². The molecule has 172 valence electrons. The molecule has 0 bridgehead atoms. The van der Waals surface area contributed by atoms with Crippen LogP contribution >= 0.6 is 0 Å². The number of aryl methyl sites for hydroxylation is 1. The summed E-state index contributed by atoms with van der Waals surface area (Å²) in [5.41, 5.74) is 3.84. The third-order valence-corrected chi connectivity index (χ3v) is 5.82. The van der Waals surface area contributed by atoms with Crippen molar-refractivity contribution < 1.29 is 0 Å². The van der Waals surface area contributed by atoms with E-state index in [0.717, 1.165) is 72.1 Å². The second kappa shape index (κ2) is 9.84. The van der Waals surface area contributed by atoms with Crippen LogP contribution < -0.4 is 15.5 Å². The molecule has 2 aromatic heterocycles. The molecular formula is C26H28N8. The molecule has 1 saturated heterocycles.